The Bertz CT molecular complexity index is 446. The third-order valence-electron chi connectivity index (χ3n) is 3.85. The van der Waals surface area contributed by atoms with Crippen LogP contribution in [0.25, 0.3) is 0 Å². The molecule has 2 heterocycles. The van der Waals surface area contributed by atoms with Crippen molar-refractivity contribution in [3.63, 3.8) is 0 Å². The molecule has 5 heteroatoms. The highest BCUT2D eigenvalue weighted by atomic mass is 15.1. The summed E-state index contributed by atoms with van der Waals surface area (Å²) < 4.78 is 0. The van der Waals surface area contributed by atoms with Crippen LogP contribution in [0.2, 0.25) is 0 Å². The number of likely N-dealkylation sites (tertiary alicyclic amines) is 1. The number of anilines is 2. The van der Waals surface area contributed by atoms with Gasteiger partial charge < -0.3 is 15.5 Å². The van der Waals surface area contributed by atoms with E-state index in [1.165, 1.54) is 19.5 Å². The zero-order chi connectivity index (χ0) is 14.5. The lowest BCUT2D eigenvalue weighted by Gasteiger charge is -2.16. The van der Waals surface area contributed by atoms with E-state index in [9.17, 15) is 0 Å². The Hall–Kier alpha value is -1.36. The van der Waals surface area contributed by atoms with E-state index >= 15 is 0 Å². The molecule has 0 bridgehead atoms. The molecule has 0 aliphatic carbocycles. The smallest absolute Gasteiger partial charge is 0.134 e. The SMILES string of the molecule is CCCNc1nc(C)nc(NCC2CCN(C)C2)c1C. The Balaban J connectivity index is 2.01. The summed E-state index contributed by atoms with van der Waals surface area (Å²) in [5.41, 5.74) is 1.12. The Morgan fingerprint density at radius 3 is 2.50 bits per heavy atom. The topological polar surface area (TPSA) is 53.1 Å². The van der Waals surface area contributed by atoms with Crippen LogP contribution in [0.5, 0.6) is 0 Å². The molecule has 0 aromatic carbocycles. The number of rotatable bonds is 6. The predicted molar refractivity (Wildman–Crippen MR) is 84.4 cm³/mol. The zero-order valence-corrected chi connectivity index (χ0v) is 13.2. The molecule has 1 aliphatic rings. The van der Waals surface area contributed by atoms with Crippen LogP contribution in [-0.4, -0.2) is 48.1 Å². The van der Waals surface area contributed by atoms with Crippen molar-refractivity contribution in [2.24, 2.45) is 5.92 Å². The molecule has 5 nitrogen and oxygen atoms in total. The molecular weight excluding hydrogens is 250 g/mol. The van der Waals surface area contributed by atoms with Crippen LogP contribution < -0.4 is 10.6 Å². The number of aryl methyl sites for hydroxylation is 1. The fourth-order valence-electron chi connectivity index (χ4n) is 2.65. The molecule has 1 aromatic rings. The molecule has 0 amide bonds. The summed E-state index contributed by atoms with van der Waals surface area (Å²) in [4.78, 5) is 11.4. The second kappa shape index (κ2) is 6.88. The van der Waals surface area contributed by atoms with Crippen LogP contribution in [0.3, 0.4) is 0 Å². The third kappa shape index (κ3) is 3.82. The summed E-state index contributed by atoms with van der Waals surface area (Å²) in [5.74, 6) is 3.48. The number of nitrogens with one attached hydrogen (secondary N) is 2. The van der Waals surface area contributed by atoms with Crippen LogP contribution >= 0.6 is 0 Å². The van der Waals surface area contributed by atoms with E-state index in [1.807, 2.05) is 6.92 Å². The van der Waals surface area contributed by atoms with Gasteiger partial charge in [0.05, 0.1) is 0 Å². The highest BCUT2D eigenvalue weighted by Gasteiger charge is 2.19. The number of aromatic nitrogens is 2. The van der Waals surface area contributed by atoms with E-state index in [4.69, 9.17) is 0 Å². The first-order valence-electron chi connectivity index (χ1n) is 7.61. The largest absolute Gasteiger partial charge is 0.370 e. The van der Waals surface area contributed by atoms with Crippen molar-refractivity contribution in [1.82, 2.24) is 14.9 Å². The Kier molecular flexibility index (Phi) is 5.17. The Morgan fingerprint density at radius 2 is 1.90 bits per heavy atom. The van der Waals surface area contributed by atoms with Gasteiger partial charge in [0, 0.05) is 25.2 Å². The lowest BCUT2D eigenvalue weighted by molar-refractivity contribution is 0.399. The first-order chi connectivity index (χ1) is 9.60. The molecule has 1 atom stereocenters. The summed E-state index contributed by atoms with van der Waals surface area (Å²) in [6.07, 6.45) is 2.37. The Labute approximate surface area is 122 Å². The summed E-state index contributed by atoms with van der Waals surface area (Å²) in [7, 11) is 2.19. The van der Waals surface area contributed by atoms with Gasteiger partial charge in [-0.15, -0.1) is 0 Å². The van der Waals surface area contributed by atoms with Crippen molar-refractivity contribution in [2.75, 3.05) is 43.9 Å². The van der Waals surface area contributed by atoms with Crippen molar-refractivity contribution in [1.29, 1.82) is 0 Å². The first kappa shape index (κ1) is 15.0. The maximum absolute atomic E-state index is 4.55. The molecule has 2 rings (SSSR count). The molecule has 112 valence electrons. The second-order valence-corrected chi connectivity index (χ2v) is 5.82. The molecule has 1 aliphatic heterocycles. The van der Waals surface area contributed by atoms with Crippen molar-refractivity contribution in [3.05, 3.63) is 11.4 Å². The van der Waals surface area contributed by atoms with E-state index in [-0.39, 0.29) is 0 Å². The predicted octanol–water partition coefficient (Wildman–Crippen LogP) is 2.28. The van der Waals surface area contributed by atoms with Gasteiger partial charge in [-0.2, -0.15) is 0 Å². The van der Waals surface area contributed by atoms with Gasteiger partial charge in [-0.3, -0.25) is 0 Å². The van der Waals surface area contributed by atoms with Gasteiger partial charge in [0.25, 0.3) is 0 Å². The van der Waals surface area contributed by atoms with Crippen molar-refractivity contribution >= 4 is 11.6 Å². The molecule has 1 fully saturated rings. The summed E-state index contributed by atoms with van der Waals surface area (Å²) in [5, 5.41) is 6.89. The van der Waals surface area contributed by atoms with Gasteiger partial charge in [-0.1, -0.05) is 6.92 Å². The summed E-state index contributed by atoms with van der Waals surface area (Å²) in [6, 6.07) is 0. The van der Waals surface area contributed by atoms with Crippen LogP contribution in [-0.2, 0) is 0 Å². The number of hydrogen-bond donors (Lipinski definition) is 2. The third-order valence-corrected chi connectivity index (χ3v) is 3.85. The molecular formula is C15H27N5. The van der Waals surface area contributed by atoms with Crippen LogP contribution in [0, 0.1) is 19.8 Å². The van der Waals surface area contributed by atoms with Gasteiger partial charge in [0.1, 0.15) is 17.5 Å². The van der Waals surface area contributed by atoms with E-state index < -0.39 is 0 Å². The van der Waals surface area contributed by atoms with Crippen LogP contribution in [0.4, 0.5) is 11.6 Å². The van der Waals surface area contributed by atoms with Crippen molar-refractivity contribution < 1.29 is 0 Å². The average molecular weight is 277 g/mol. The zero-order valence-electron chi connectivity index (χ0n) is 13.2. The fraction of sp³-hybridized carbons (Fsp3) is 0.733. The minimum atomic E-state index is 0.724. The minimum absolute atomic E-state index is 0.724. The van der Waals surface area contributed by atoms with E-state index in [1.54, 1.807) is 0 Å². The van der Waals surface area contributed by atoms with Gasteiger partial charge in [-0.05, 0) is 46.2 Å². The maximum atomic E-state index is 4.55. The fourth-order valence-corrected chi connectivity index (χ4v) is 2.65. The van der Waals surface area contributed by atoms with Gasteiger partial charge in [0.2, 0.25) is 0 Å². The average Bonchev–Trinajstić information content (AvgIpc) is 2.83. The minimum Gasteiger partial charge on any atom is -0.370 e. The molecule has 0 radical (unpaired) electrons. The molecule has 1 unspecified atom stereocenters. The molecule has 1 aromatic heterocycles. The van der Waals surface area contributed by atoms with Gasteiger partial charge in [0.15, 0.2) is 0 Å². The van der Waals surface area contributed by atoms with Crippen molar-refractivity contribution in [2.45, 2.75) is 33.6 Å². The molecule has 2 N–H and O–H groups in total. The standard InChI is InChI=1S/C15H27N5/c1-5-7-16-14-11(2)15(19-12(3)18-14)17-9-13-6-8-20(4)10-13/h13H,5-10H2,1-4H3,(H2,16,17,18,19). The van der Waals surface area contributed by atoms with E-state index in [0.717, 1.165) is 48.5 Å². The molecule has 0 spiro atoms. The van der Waals surface area contributed by atoms with E-state index in [0.29, 0.717) is 0 Å². The summed E-state index contributed by atoms with van der Waals surface area (Å²) in [6.45, 7) is 10.5. The van der Waals surface area contributed by atoms with Gasteiger partial charge >= 0.3 is 0 Å². The molecule has 20 heavy (non-hydrogen) atoms. The lowest BCUT2D eigenvalue weighted by Crippen LogP contribution is -2.20. The Morgan fingerprint density at radius 1 is 1.20 bits per heavy atom. The number of nitrogens with zero attached hydrogens (tertiary/aromatic N) is 3. The van der Waals surface area contributed by atoms with E-state index in [2.05, 4.69) is 46.4 Å². The highest BCUT2D eigenvalue weighted by Crippen LogP contribution is 2.21. The maximum Gasteiger partial charge on any atom is 0.134 e. The number of hydrogen-bond acceptors (Lipinski definition) is 5. The molecule has 0 saturated carbocycles. The monoisotopic (exact) mass is 277 g/mol. The van der Waals surface area contributed by atoms with Crippen LogP contribution in [0.15, 0.2) is 0 Å². The second-order valence-electron chi connectivity index (χ2n) is 5.82. The quantitative estimate of drug-likeness (QED) is 0.835. The van der Waals surface area contributed by atoms with Crippen LogP contribution in [0.1, 0.15) is 31.2 Å². The van der Waals surface area contributed by atoms with Gasteiger partial charge in [-0.25, -0.2) is 9.97 Å². The first-order valence-corrected chi connectivity index (χ1v) is 7.61. The van der Waals surface area contributed by atoms with Crippen molar-refractivity contribution in [3.8, 4) is 0 Å². The molecule has 1 saturated heterocycles. The highest BCUT2D eigenvalue weighted by molar-refractivity contribution is 5.57. The lowest BCUT2D eigenvalue weighted by atomic mass is 10.1. The normalized spacial score (nSPS) is 19.3. The summed E-state index contributed by atoms with van der Waals surface area (Å²) >= 11 is 0.